The Hall–Kier alpha value is -1.01. The summed E-state index contributed by atoms with van der Waals surface area (Å²) in [6, 6.07) is 2.34. The molecule has 1 aromatic heterocycles. The van der Waals surface area contributed by atoms with Crippen LogP contribution in [0.15, 0.2) is 11.2 Å². The normalized spacial score (nSPS) is 33.4. The second-order valence-corrected chi connectivity index (χ2v) is 6.89. The minimum Gasteiger partial charge on any atom is -0.383 e. The summed E-state index contributed by atoms with van der Waals surface area (Å²) < 4.78 is 5.94. The monoisotopic (exact) mass is 292 g/mol. The lowest BCUT2D eigenvalue weighted by Gasteiger charge is -2.63. The Kier molecular flexibility index (Phi) is 2.86. The average molecular weight is 292 g/mol. The topological polar surface area (TPSA) is 73.1 Å². The van der Waals surface area contributed by atoms with Crippen LogP contribution in [-0.4, -0.2) is 35.0 Å². The number of nitrogen functional groups attached to an aromatic ring is 1. The van der Waals surface area contributed by atoms with Gasteiger partial charge in [0.15, 0.2) is 5.16 Å². The number of thioether (sulfide) groups is 1. The van der Waals surface area contributed by atoms with Gasteiger partial charge < -0.3 is 15.8 Å². The maximum Gasteiger partial charge on any atom is 0.191 e. The molecule has 1 aromatic rings. The second kappa shape index (κ2) is 4.49. The van der Waals surface area contributed by atoms with Gasteiger partial charge in [-0.2, -0.15) is 0 Å². The van der Waals surface area contributed by atoms with Gasteiger partial charge in [0.1, 0.15) is 11.6 Å². The lowest BCUT2D eigenvalue weighted by Crippen LogP contribution is -2.68. The molecule has 4 rings (SSSR count). The first-order valence-corrected chi connectivity index (χ1v) is 8.52. The van der Waals surface area contributed by atoms with Crippen LogP contribution in [0.5, 0.6) is 0 Å². The Morgan fingerprint density at radius 1 is 1.45 bits per heavy atom. The van der Waals surface area contributed by atoms with Crippen molar-refractivity contribution in [3.8, 4) is 0 Å². The molecule has 0 radical (unpaired) electrons. The van der Waals surface area contributed by atoms with Crippen LogP contribution < -0.4 is 11.1 Å². The highest BCUT2D eigenvalue weighted by molar-refractivity contribution is 7.98. The van der Waals surface area contributed by atoms with Crippen LogP contribution >= 0.6 is 11.8 Å². The van der Waals surface area contributed by atoms with Crippen molar-refractivity contribution in [3.05, 3.63) is 6.07 Å². The van der Waals surface area contributed by atoms with Crippen LogP contribution in [0.1, 0.15) is 25.7 Å². The van der Waals surface area contributed by atoms with Crippen molar-refractivity contribution >= 4 is 23.4 Å². The highest BCUT2D eigenvalue weighted by atomic mass is 32.2. The maximum absolute atomic E-state index is 5.94. The second-order valence-electron chi connectivity index (χ2n) is 6.12. The molecular weight excluding hydrogens is 272 g/mol. The average Bonchev–Trinajstić information content (AvgIpc) is 2.79. The molecule has 20 heavy (non-hydrogen) atoms. The molecule has 3 N–H and O–H groups in total. The number of nitrogens with one attached hydrogen (secondary N) is 1. The number of anilines is 2. The van der Waals surface area contributed by atoms with Crippen molar-refractivity contribution in [1.29, 1.82) is 0 Å². The standard InChI is InChI=1S/C14H20N4OS/c1-20-13-16-9(15)7-10(18-13)17-11-8-3-6-19-12(8)14(11)4-2-5-14/h7-8,11-12H,2-6H2,1H3,(H3,15,16,17,18). The van der Waals surface area contributed by atoms with Crippen molar-refractivity contribution in [2.24, 2.45) is 11.3 Å². The van der Waals surface area contributed by atoms with E-state index in [4.69, 9.17) is 10.5 Å². The zero-order valence-corrected chi connectivity index (χ0v) is 12.4. The van der Waals surface area contributed by atoms with Gasteiger partial charge in [-0.1, -0.05) is 18.2 Å². The van der Waals surface area contributed by atoms with Gasteiger partial charge in [0.05, 0.1) is 6.10 Å². The molecule has 5 nitrogen and oxygen atoms in total. The van der Waals surface area contributed by atoms with Crippen LogP contribution in [0.25, 0.3) is 0 Å². The van der Waals surface area contributed by atoms with E-state index in [2.05, 4.69) is 15.3 Å². The Labute approximate surface area is 123 Å². The molecule has 2 saturated carbocycles. The lowest BCUT2D eigenvalue weighted by molar-refractivity contribution is -0.158. The van der Waals surface area contributed by atoms with E-state index in [0.717, 1.165) is 17.6 Å². The smallest absolute Gasteiger partial charge is 0.191 e. The fourth-order valence-corrected chi connectivity index (χ4v) is 4.61. The lowest BCUT2D eigenvalue weighted by atomic mass is 9.46. The van der Waals surface area contributed by atoms with Gasteiger partial charge in [-0.15, -0.1) is 0 Å². The minimum absolute atomic E-state index is 0.362. The van der Waals surface area contributed by atoms with Crippen molar-refractivity contribution < 1.29 is 4.74 Å². The Bertz CT molecular complexity index is 534. The molecule has 2 heterocycles. The van der Waals surface area contributed by atoms with Gasteiger partial charge in [-0.05, 0) is 25.5 Å². The van der Waals surface area contributed by atoms with E-state index in [0.29, 0.717) is 29.3 Å². The number of nitrogens with zero attached hydrogens (tertiary/aromatic N) is 2. The highest BCUT2D eigenvalue weighted by Gasteiger charge is 2.66. The number of rotatable bonds is 3. The Morgan fingerprint density at radius 3 is 3.00 bits per heavy atom. The van der Waals surface area contributed by atoms with E-state index in [9.17, 15) is 0 Å². The quantitative estimate of drug-likeness (QED) is 0.657. The largest absolute Gasteiger partial charge is 0.383 e. The zero-order valence-electron chi connectivity index (χ0n) is 11.6. The SMILES string of the molecule is CSc1nc(N)cc(NC2C3CCOC3C23CCC3)n1. The van der Waals surface area contributed by atoms with E-state index in [1.807, 2.05) is 12.3 Å². The molecule has 2 aliphatic carbocycles. The molecule has 3 unspecified atom stereocenters. The van der Waals surface area contributed by atoms with Crippen LogP contribution in [0.3, 0.4) is 0 Å². The van der Waals surface area contributed by atoms with Gasteiger partial charge in [0.25, 0.3) is 0 Å². The zero-order chi connectivity index (χ0) is 13.7. The first-order chi connectivity index (χ1) is 9.73. The number of hydrogen-bond acceptors (Lipinski definition) is 6. The summed E-state index contributed by atoms with van der Waals surface area (Å²) in [6.45, 7) is 0.914. The molecule has 6 heteroatoms. The van der Waals surface area contributed by atoms with Gasteiger partial charge in [0, 0.05) is 30.0 Å². The number of aromatic nitrogens is 2. The maximum atomic E-state index is 5.94. The van der Waals surface area contributed by atoms with E-state index >= 15 is 0 Å². The number of hydrogen-bond donors (Lipinski definition) is 2. The number of nitrogens with two attached hydrogens (primary N) is 1. The van der Waals surface area contributed by atoms with Crippen molar-refractivity contribution in [2.45, 2.75) is 43.0 Å². The van der Waals surface area contributed by atoms with Gasteiger partial charge >= 0.3 is 0 Å². The Morgan fingerprint density at radius 2 is 2.30 bits per heavy atom. The van der Waals surface area contributed by atoms with E-state index in [1.54, 1.807) is 0 Å². The fraction of sp³-hybridized carbons (Fsp3) is 0.714. The third-order valence-corrected chi connectivity index (χ3v) is 5.80. The first kappa shape index (κ1) is 12.7. The van der Waals surface area contributed by atoms with Gasteiger partial charge in [-0.25, -0.2) is 9.97 Å². The van der Waals surface area contributed by atoms with Crippen molar-refractivity contribution in [3.63, 3.8) is 0 Å². The summed E-state index contributed by atoms with van der Waals surface area (Å²) in [5, 5.41) is 4.36. The van der Waals surface area contributed by atoms with E-state index in [1.165, 1.54) is 37.4 Å². The minimum atomic E-state index is 0.362. The molecule has 3 atom stereocenters. The fourth-order valence-electron chi connectivity index (χ4n) is 4.22. The molecule has 3 aliphatic rings. The predicted octanol–water partition coefficient (Wildman–Crippen LogP) is 2.15. The van der Waals surface area contributed by atoms with Crippen LogP contribution in [0.4, 0.5) is 11.6 Å². The molecular formula is C14H20N4OS. The summed E-state index contributed by atoms with van der Waals surface area (Å²) in [6.07, 6.45) is 7.50. The third-order valence-electron chi connectivity index (χ3n) is 5.25. The molecule has 1 saturated heterocycles. The van der Waals surface area contributed by atoms with E-state index in [-0.39, 0.29) is 0 Å². The Balaban J connectivity index is 1.58. The third kappa shape index (κ3) is 1.67. The van der Waals surface area contributed by atoms with Crippen LogP contribution in [0, 0.1) is 11.3 Å². The van der Waals surface area contributed by atoms with Gasteiger partial charge in [-0.3, -0.25) is 0 Å². The molecule has 0 amide bonds. The molecule has 1 spiro atoms. The number of ether oxygens (including phenoxy) is 1. The highest BCUT2D eigenvalue weighted by Crippen LogP contribution is 2.63. The summed E-state index contributed by atoms with van der Waals surface area (Å²) in [4.78, 5) is 8.74. The summed E-state index contributed by atoms with van der Waals surface area (Å²) in [5.74, 6) is 2.04. The molecule has 1 aliphatic heterocycles. The first-order valence-electron chi connectivity index (χ1n) is 7.30. The number of fused-ring (bicyclic) bond motifs is 2. The predicted molar refractivity (Wildman–Crippen MR) is 79.8 cm³/mol. The summed E-state index contributed by atoms with van der Waals surface area (Å²) in [5.41, 5.74) is 6.22. The molecule has 3 fully saturated rings. The molecule has 0 bridgehead atoms. The van der Waals surface area contributed by atoms with Gasteiger partial charge in [0.2, 0.25) is 0 Å². The van der Waals surface area contributed by atoms with Crippen molar-refractivity contribution in [1.82, 2.24) is 9.97 Å². The van der Waals surface area contributed by atoms with E-state index < -0.39 is 0 Å². The van der Waals surface area contributed by atoms with Crippen molar-refractivity contribution in [2.75, 3.05) is 23.9 Å². The summed E-state index contributed by atoms with van der Waals surface area (Å²) in [7, 11) is 0. The molecule has 0 aromatic carbocycles. The van der Waals surface area contributed by atoms with Crippen LogP contribution in [-0.2, 0) is 4.74 Å². The molecule has 108 valence electrons. The summed E-state index contributed by atoms with van der Waals surface area (Å²) >= 11 is 1.52. The van der Waals surface area contributed by atoms with Crippen LogP contribution in [0.2, 0.25) is 0 Å².